The summed E-state index contributed by atoms with van der Waals surface area (Å²) in [6, 6.07) is 9.23. The molecule has 2 saturated carbocycles. The Kier molecular flexibility index (Phi) is 4.87. The highest BCUT2D eigenvalue weighted by Crippen LogP contribution is 2.53. The van der Waals surface area contributed by atoms with E-state index in [1.165, 1.54) is 30.4 Å². The molecular weight excluding hydrogens is 388 g/mol. The van der Waals surface area contributed by atoms with E-state index >= 15 is 0 Å². The first-order valence-corrected chi connectivity index (χ1v) is 12.0. The molecule has 1 N–H and O–H groups in total. The molecule has 2 amide bonds. The lowest BCUT2D eigenvalue weighted by Gasteiger charge is -2.46. The van der Waals surface area contributed by atoms with Gasteiger partial charge in [0.25, 0.3) is 0 Å². The first-order valence-electron chi connectivity index (χ1n) is 12.0. The van der Waals surface area contributed by atoms with Gasteiger partial charge in [-0.1, -0.05) is 45.0 Å². The van der Waals surface area contributed by atoms with E-state index in [2.05, 4.69) is 55.3 Å². The minimum absolute atomic E-state index is 0.0486. The Balaban J connectivity index is 1.16. The monoisotopic (exact) mass is 424 g/mol. The molecule has 4 aliphatic rings. The summed E-state index contributed by atoms with van der Waals surface area (Å²) >= 11 is 0. The van der Waals surface area contributed by atoms with Gasteiger partial charge in [0.2, 0.25) is 5.91 Å². The van der Waals surface area contributed by atoms with Gasteiger partial charge < -0.3 is 15.0 Å². The van der Waals surface area contributed by atoms with E-state index in [1.807, 2.05) is 0 Å². The summed E-state index contributed by atoms with van der Waals surface area (Å²) in [5.41, 5.74) is 3.25. The van der Waals surface area contributed by atoms with Crippen molar-refractivity contribution < 1.29 is 14.3 Å². The predicted octanol–water partition coefficient (Wildman–Crippen LogP) is 4.75. The summed E-state index contributed by atoms with van der Waals surface area (Å²) in [5.74, 6) is 0.989. The second kappa shape index (κ2) is 7.25. The van der Waals surface area contributed by atoms with Crippen LogP contribution in [0.5, 0.6) is 0 Å². The second-order valence-electron chi connectivity index (χ2n) is 11.7. The standard InChI is InChI=1S/C26H36N2O3/c1-24(2,3)21-6-4-5-18(13-21)19-7-8-25(14-19)9-11-28(12-10-25)22(29)20-15-26(16-20)17-31-23(30)27-26/h4-6,13,19-20H,7-12,14-17H2,1-3H3,(H,27,30). The van der Waals surface area contributed by atoms with E-state index in [4.69, 9.17) is 4.74 Å². The minimum atomic E-state index is -0.338. The van der Waals surface area contributed by atoms with Crippen LogP contribution in [0.4, 0.5) is 4.79 Å². The molecule has 0 radical (unpaired) electrons. The Hall–Kier alpha value is -2.04. The average molecular weight is 425 g/mol. The normalized spacial score (nSPS) is 32.1. The Morgan fingerprint density at radius 1 is 1.13 bits per heavy atom. The van der Waals surface area contributed by atoms with Crippen LogP contribution in [0.1, 0.15) is 82.8 Å². The number of piperidine rings is 1. The van der Waals surface area contributed by atoms with Gasteiger partial charge in [-0.05, 0) is 72.8 Å². The van der Waals surface area contributed by atoms with Gasteiger partial charge in [0.1, 0.15) is 6.61 Å². The smallest absolute Gasteiger partial charge is 0.407 e. The predicted molar refractivity (Wildman–Crippen MR) is 120 cm³/mol. The van der Waals surface area contributed by atoms with Crippen LogP contribution >= 0.6 is 0 Å². The van der Waals surface area contributed by atoms with Crippen molar-refractivity contribution in [3.63, 3.8) is 0 Å². The lowest BCUT2D eigenvalue weighted by atomic mass is 9.68. The molecule has 4 fully saturated rings. The summed E-state index contributed by atoms with van der Waals surface area (Å²) in [5, 5.41) is 2.90. The molecular formula is C26H36N2O3. The zero-order valence-corrected chi connectivity index (χ0v) is 19.2. The highest BCUT2D eigenvalue weighted by molar-refractivity contribution is 5.81. The van der Waals surface area contributed by atoms with E-state index < -0.39 is 0 Å². The van der Waals surface area contributed by atoms with Gasteiger partial charge >= 0.3 is 6.09 Å². The molecule has 2 spiro atoms. The van der Waals surface area contributed by atoms with E-state index in [1.54, 1.807) is 0 Å². The number of rotatable bonds is 2. The van der Waals surface area contributed by atoms with Crippen molar-refractivity contribution in [1.29, 1.82) is 0 Å². The Labute approximate surface area is 185 Å². The van der Waals surface area contributed by atoms with Gasteiger partial charge in [-0.25, -0.2) is 4.79 Å². The third-order valence-corrected chi connectivity index (χ3v) is 8.53. The molecule has 1 atom stereocenters. The van der Waals surface area contributed by atoms with Crippen molar-refractivity contribution >= 4 is 12.0 Å². The van der Waals surface area contributed by atoms with Gasteiger partial charge in [-0.15, -0.1) is 0 Å². The van der Waals surface area contributed by atoms with Crippen molar-refractivity contribution in [3.8, 4) is 0 Å². The summed E-state index contributed by atoms with van der Waals surface area (Å²) in [4.78, 5) is 26.4. The molecule has 1 aromatic carbocycles. The summed E-state index contributed by atoms with van der Waals surface area (Å²) in [6.07, 6.45) is 7.20. The molecule has 31 heavy (non-hydrogen) atoms. The quantitative estimate of drug-likeness (QED) is 0.745. The molecule has 2 heterocycles. The Bertz CT molecular complexity index is 873. The molecule has 2 aliphatic carbocycles. The first kappa shape index (κ1) is 20.8. The number of hydrogen-bond donors (Lipinski definition) is 1. The van der Waals surface area contributed by atoms with Crippen LogP contribution in [-0.4, -0.2) is 42.1 Å². The van der Waals surface area contributed by atoms with Gasteiger partial charge in [0.15, 0.2) is 0 Å². The van der Waals surface area contributed by atoms with Crippen LogP contribution in [0.25, 0.3) is 0 Å². The van der Waals surface area contributed by atoms with Crippen LogP contribution in [-0.2, 0) is 14.9 Å². The topological polar surface area (TPSA) is 58.6 Å². The Morgan fingerprint density at radius 3 is 2.52 bits per heavy atom. The molecule has 168 valence electrons. The molecule has 2 aliphatic heterocycles. The maximum absolute atomic E-state index is 13.0. The van der Waals surface area contributed by atoms with Gasteiger partial charge in [0, 0.05) is 19.0 Å². The number of nitrogens with zero attached hydrogens (tertiary/aromatic N) is 1. The lowest BCUT2D eigenvalue weighted by molar-refractivity contribution is -0.143. The maximum atomic E-state index is 13.0. The van der Waals surface area contributed by atoms with Crippen molar-refractivity contribution in [1.82, 2.24) is 10.2 Å². The number of hydrogen-bond acceptors (Lipinski definition) is 3. The minimum Gasteiger partial charge on any atom is -0.447 e. The van der Waals surface area contributed by atoms with Crippen molar-refractivity contribution in [2.45, 2.75) is 82.6 Å². The van der Waals surface area contributed by atoms with Crippen molar-refractivity contribution in [3.05, 3.63) is 35.4 Å². The van der Waals surface area contributed by atoms with Gasteiger partial charge in [0.05, 0.1) is 5.54 Å². The number of carbonyl (C=O) groups is 2. The summed E-state index contributed by atoms with van der Waals surface area (Å²) < 4.78 is 5.04. The third kappa shape index (κ3) is 3.85. The molecule has 5 nitrogen and oxygen atoms in total. The second-order valence-corrected chi connectivity index (χ2v) is 11.7. The van der Waals surface area contributed by atoms with Crippen LogP contribution < -0.4 is 5.32 Å². The first-order chi connectivity index (χ1) is 14.7. The van der Waals surface area contributed by atoms with E-state index in [0.717, 1.165) is 38.8 Å². The van der Waals surface area contributed by atoms with E-state index in [-0.39, 0.29) is 28.9 Å². The average Bonchev–Trinajstić information content (AvgIpc) is 3.31. The molecule has 5 heteroatoms. The van der Waals surface area contributed by atoms with Crippen molar-refractivity contribution in [2.24, 2.45) is 11.3 Å². The SMILES string of the molecule is CC(C)(C)c1cccc(C2CCC3(CCN(C(=O)C4CC5(COC(=O)N5)C4)CC3)C2)c1. The fourth-order valence-electron chi connectivity index (χ4n) is 6.44. The zero-order valence-electron chi connectivity index (χ0n) is 19.2. The van der Waals surface area contributed by atoms with Crippen molar-refractivity contribution in [2.75, 3.05) is 19.7 Å². The summed E-state index contributed by atoms with van der Waals surface area (Å²) in [7, 11) is 0. The largest absolute Gasteiger partial charge is 0.447 e. The van der Waals surface area contributed by atoms with E-state index in [0.29, 0.717) is 17.9 Å². The molecule has 2 saturated heterocycles. The number of nitrogens with one attached hydrogen (secondary N) is 1. The van der Waals surface area contributed by atoms with Gasteiger partial charge in [-0.3, -0.25) is 4.79 Å². The number of alkyl carbamates (subject to hydrolysis) is 1. The maximum Gasteiger partial charge on any atom is 0.407 e. The van der Waals surface area contributed by atoms with Crippen LogP contribution in [0, 0.1) is 11.3 Å². The van der Waals surface area contributed by atoms with Crippen LogP contribution in [0.2, 0.25) is 0 Å². The van der Waals surface area contributed by atoms with Crippen LogP contribution in [0.15, 0.2) is 24.3 Å². The number of ether oxygens (including phenoxy) is 1. The number of carbonyl (C=O) groups excluding carboxylic acids is 2. The number of benzene rings is 1. The molecule has 5 rings (SSSR count). The third-order valence-electron chi connectivity index (χ3n) is 8.53. The Morgan fingerprint density at radius 2 is 1.87 bits per heavy atom. The number of likely N-dealkylation sites (tertiary alicyclic amines) is 1. The molecule has 0 aromatic heterocycles. The number of cyclic esters (lactones) is 1. The van der Waals surface area contributed by atoms with Crippen LogP contribution in [0.3, 0.4) is 0 Å². The molecule has 1 unspecified atom stereocenters. The molecule has 1 aromatic rings. The lowest BCUT2D eigenvalue weighted by Crippen LogP contribution is -2.59. The fourth-order valence-corrected chi connectivity index (χ4v) is 6.44. The fraction of sp³-hybridized carbons (Fsp3) is 0.692. The highest BCUT2D eigenvalue weighted by Gasteiger charge is 2.54. The zero-order chi connectivity index (χ0) is 21.9. The van der Waals surface area contributed by atoms with Gasteiger partial charge in [-0.2, -0.15) is 0 Å². The molecule has 0 bridgehead atoms. The highest BCUT2D eigenvalue weighted by atomic mass is 16.6. The number of amides is 2. The van der Waals surface area contributed by atoms with E-state index in [9.17, 15) is 9.59 Å². The summed E-state index contributed by atoms with van der Waals surface area (Å²) in [6.45, 7) is 9.04.